The molecule has 0 aliphatic carbocycles. The largest absolute Gasteiger partial charge is 0.351 e. The summed E-state index contributed by atoms with van der Waals surface area (Å²) in [4.78, 5) is 0. The predicted octanol–water partition coefficient (Wildman–Crippen LogP) is 3.00. The molecule has 5 heteroatoms. The highest BCUT2D eigenvalue weighted by Crippen LogP contribution is 2.26. The first-order chi connectivity index (χ1) is 8.77. The van der Waals surface area contributed by atoms with Crippen molar-refractivity contribution in [1.29, 1.82) is 0 Å². The van der Waals surface area contributed by atoms with E-state index < -0.39 is 16.5 Å². The normalized spacial score (nSPS) is 14.9. The molecule has 0 aromatic carbocycles. The van der Waals surface area contributed by atoms with Crippen molar-refractivity contribution < 1.29 is 13.7 Å². The molecule has 19 heavy (non-hydrogen) atoms. The Morgan fingerprint density at radius 3 is 1.68 bits per heavy atom. The first-order valence-electron chi connectivity index (χ1n) is 7.20. The second kappa shape index (κ2) is 8.35. The summed E-state index contributed by atoms with van der Waals surface area (Å²) in [5, 5.41) is 0. The van der Waals surface area contributed by atoms with Crippen molar-refractivity contribution in [2.75, 3.05) is 13.2 Å². The number of hydrogen-bond acceptors (Lipinski definition) is 3. The van der Waals surface area contributed by atoms with Crippen molar-refractivity contribution in [3.63, 3.8) is 0 Å². The van der Waals surface area contributed by atoms with Gasteiger partial charge in [-0.2, -0.15) is 0 Å². The molecule has 0 fully saturated rings. The summed E-state index contributed by atoms with van der Waals surface area (Å²) < 4.78 is 26.8. The van der Waals surface area contributed by atoms with E-state index in [2.05, 4.69) is 18.6 Å². The van der Waals surface area contributed by atoms with Gasteiger partial charge in [0.2, 0.25) is 0 Å². The van der Waals surface area contributed by atoms with Gasteiger partial charge in [0.05, 0.1) is 21.3 Å². The molecule has 1 N–H and O–H groups in total. The highest BCUT2D eigenvalue weighted by atomic mass is 32.2. The highest BCUT2D eigenvalue weighted by Gasteiger charge is 2.40. The Bertz CT molecular complexity index is 266. The van der Waals surface area contributed by atoms with Crippen LogP contribution < -0.4 is 4.72 Å². The Morgan fingerprint density at radius 1 is 1.00 bits per heavy atom. The minimum atomic E-state index is -1.14. The quantitative estimate of drug-likeness (QED) is 0.665. The van der Waals surface area contributed by atoms with Crippen molar-refractivity contribution in [2.45, 2.75) is 77.9 Å². The van der Waals surface area contributed by atoms with Gasteiger partial charge in [-0.3, -0.25) is 0 Å². The minimum Gasteiger partial charge on any atom is -0.351 e. The van der Waals surface area contributed by atoms with Crippen molar-refractivity contribution >= 4 is 11.0 Å². The zero-order valence-electron chi connectivity index (χ0n) is 13.5. The van der Waals surface area contributed by atoms with Gasteiger partial charge in [0.15, 0.2) is 6.29 Å². The van der Waals surface area contributed by atoms with Gasteiger partial charge in [0.1, 0.15) is 0 Å². The van der Waals surface area contributed by atoms with E-state index in [4.69, 9.17) is 9.47 Å². The molecule has 1 atom stereocenters. The van der Waals surface area contributed by atoms with Gasteiger partial charge in [-0.25, -0.2) is 8.93 Å². The monoisotopic (exact) mass is 293 g/mol. The molecule has 0 bridgehead atoms. The molecule has 0 saturated carbocycles. The molecule has 116 valence electrons. The molecule has 0 radical (unpaired) electrons. The molecule has 0 heterocycles. The first-order valence-corrected chi connectivity index (χ1v) is 8.35. The fraction of sp³-hybridized carbons (Fsp3) is 1.00. The lowest BCUT2D eigenvalue weighted by atomic mass is 9.93. The molecule has 1 unspecified atom stereocenters. The smallest absolute Gasteiger partial charge is 0.176 e. The molecular weight excluding hydrogens is 262 g/mol. The van der Waals surface area contributed by atoms with E-state index >= 15 is 0 Å². The van der Waals surface area contributed by atoms with E-state index in [1.54, 1.807) is 0 Å². The van der Waals surface area contributed by atoms with Crippen LogP contribution in [0.3, 0.4) is 0 Å². The zero-order valence-corrected chi connectivity index (χ0v) is 14.4. The molecule has 0 aliphatic rings. The Balaban J connectivity index is 5.14. The van der Waals surface area contributed by atoms with E-state index in [1.165, 1.54) is 0 Å². The molecule has 0 aromatic rings. The summed E-state index contributed by atoms with van der Waals surface area (Å²) in [5.74, 6) is 0. The Kier molecular flexibility index (Phi) is 8.36. The number of ether oxygens (including phenoxy) is 2. The third-order valence-electron chi connectivity index (χ3n) is 3.20. The Morgan fingerprint density at radius 2 is 1.42 bits per heavy atom. The predicted molar refractivity (Wildman–Crippen MR) is 81.4 cm³/mol. The lowest BCUT2D eigenvalue weighted by Gasteiger charge is -2.40. The first kappa shape index (κ1) is 19.0. The number of nitrogens with one attached hydrogen (secondary N) is 1. The average Bonchev–Trinajstić information content (AvgIpc) is 2.34. The maximum absolute atomic E-state index is 12.4. The van der Waals surface area contributed by atoms with Gasteiger partial charge in [-0.05, 0) is 47.5 Å². The van der Waals surface area contributed by atoms with Gasteiger partial charge in [0, 0.05) is 13.2 Å². The number of hydrogen-bond donors (Lipinski definition) is 1. The molecule has 4 nitrogen and oxygen atoms in total. The molecule has 0 saturated heterocycles. The molecule has 0 spiro atoms. The van der Waals surface area contributed by atoms with Crippen LogP contribution in [-0.4, -0.2) is 34.0 Å². The summed E-state index contributed by atoms with van der Waals surface area (Å²) >= 11 is 0. The van der Waals surface area contributed by atoms with Crippen LogP contribution >= 0.6 is 0 Å². The van der Waals surface area contributed by atoms with Crippen LogP contribution in [0.1, 0.15) is 61.3 Å². The molecule has 0 amide bonds. The van der Waals surface area contributed by atoms with Crippen molar-refractivity contribution in [3.8, 4) is 0 Å². The van der Waals surface area contributed by atoms with Crippen LogP contribution in [0, 0.1) is 0 Å². The molecule has 0 aliphatic heterocycles. The minimum absolute atomic E-state index is 0.307. The standard InChI is InChI=1S/C14H31NO3S/c1-8-14(9-2,12(17-10-3)18-11-4)15-19(16)13(5,6)7/h12,15H,8-11H2,1-7H3. The fourth-order valence-electron chi connectivity index (χ4n) is 1.78. The van der Waals surface area contributed by atoms with Crippen molar-refractivity contribution in [3.05, 3.63) is 0 Å². The summed E-state index contributed by atoms with van der Waals surface area (Å²) in [6, 6.07) is 0. The van der Waals surface area contributed by atoms with E-state index in [9.17, 15) is 4.21 Å². The second-order valence-corrected chi connectivity index (χ2v) is 7.56. The number of rotatable bonds is 9. The SMILES string of the molecule is CCOC(OCC)C(CC)(CC)NS(=O)C(C)(C)C. The van der Waals surface area contributed by atoms with Gasteiger partial charge in [-0.1, -0.05) is 13.8 Å². The topological polar surface area (TPSA) is 47.6 Å². The van der Waals surface area contributed by atoms with Gasteiger partial charge in [-0.15, -0.1) is 0 Å². The van der Waals surface area contributed by atoms with Crippen molar-refractivity contribution in [2.24, 2.45) is 0 Å². The summed E-state index contributed by atoms with van der Waals surface area (Å²) in [6.45, 7) is 15.1. The van der Waals surface area contributed by atoms with E-state index in [0.29, 0.717) is 13.2 Å². The van der Waals surface area contributed by atoms with Crippen molar-refractivity contribution in [1.82, 2.24) is 4.72 Å². The van der Waals surface area contributed by atoms with Gasteiger partial charge in [0.25, 0.3) is 0 Å². The lowest BCUT2D eigenvalue weighted by Crippen LogP contribution is -2.58. The summed E-state index contributed by atoms with van der Waals surface area (Å²) in [5.41, 5.74) is -0.413. The highest BCUT2D eigenvalue weighted by molar-refractivity contribution is 7.84. The lowest BCUT2D eigenvalue weighted by molar-refractivity contribution is -0.180. The van der Waals surface area contributed by atoms with Crippen LogP contribution in [0.4, 0.5) is 0 Å². The molecule has 0 aromatic heterocycles. The van der Waals surface area contributed by atoms with Gasteiger partial charge < -0.3 is 9.47 Å². The van der Waals surface area contributed by atoms with Crippen LogP contribution in [-0.2, 0) is 20.5 Å². The fourth-order valence-corrected chi connectivity index (χ4v) is 2.84. The van der Waals surface area contributed by atoms with Crippen LogP contribution in [0.25, 0.3) is 0 Å². The molecular formula is C14H31NO3S. The third-order valence-corrected chi connectivity index (χ3v) is 4.91. The van der Waals surface area contributed by atoms with E-state index in [0.717, 1.165) is 12.8 Å². The van der Waals surface area contributed by atoms with Crippen LogP contribution in [0.15, 0.2) is 0 Å². The Labute approximate surface area is 121 Å². The van der Waals surface area contributed by atoms with Gasteiger partial charge >= 0.3 is 0 Å². The summed E-state index contributed by atoms with van der Waals surface area (Å²) in [6.07, 6.45) is 1.23. The maximum Gasteiger partial charge on any atom is 0.176 e. The second-order valence-electron chi connectivity index (χ2n) is 5.59. The van der Waals surface area contributed by atoms with Crippen LogP contribution in [0.2, 0.25) is 0 Å². The Hall–Kier alpha value is 0.0300. The molecule has 0 rings (SSSR count). The van der Waals surface area contributed by atoms with Crippen LogP contribution in [0.5, 0.6) is 0 Å². The zero-order chi connectivity index (χ0) is 15.1. The van der Waals surface area contributed by atoms with E-state index in [1.807, 2.05) is 34.6 Å². The third kappa shape index (κ3) is 5.50. The average molecular weight is 293 g/mol. The maximum atomic E-state index is 12.4. The summed E-state index contributed by atoms with van der Waals surface area (Å²) in [7, 11) is -1.14. The van der Waals surface area contributed by atoms with E-state index in [-0.39, 0.29) is 11.0 Å².